The van der Waals surface area contributed by atoms with E-state index in [9.17, 15) is 18.0 Å². The molecule has 0 unspecified atom stereocenters. The topological polar surface area (TPSA) is 134 Å². The summed E-state index contributed by atoms with van der Waals surface area (Å²) in [5.74, 6) is -0.985. The molecule has 0 saturated heterocycles. The number of benzene rings is 3. The van der Waals surface area contributed by atoms with E-state index in [1.54, 1.807) is 37.3 Å². The molecule has 4 N–H and O–H groups in total. The first-order valence-corrected chi connectivity index (χ1v) is 14.3. The Bertz CT molecular complexity index is 1580. The lowest BCUT2D eigenvalue weighted by molar-refractivity contribution is -0.115. The number of hydrogen-bond acceptors (Lipinski definition) is 7. The van der Waals surface area contributed by atoms with Gasteiger partial charge in [-0.3, -0.25) is 9.59 Å². The summed E-state index contributed by atoms with van der Waals surface area (Å²) < 4.78 is 26.3. The van der Waals surface area contributed by atoms with Crippen LogP contribution in [0.4, 0.5) is 17.1 Å². The molecule has 4 rings (SSSR count). The van der Waals surface area contributed by atoms with Crippen molar-refractivity contribution in [3.05, 3.63) is 95.2 Å². The number of hydrogen-bond donors (Lipinski definition) is 3. The van der Waals surface area contributed by atoms with Gasteiger partial charge < -0.3 is 16.4 Å². The highest BCUT2D eigenvalue weighted by Gasteiger charge is 2.38. The zero-order chi connectivity index (χ0) is 28.3. The van der Waals surface area contributed by atoms with Gasteiger partial charge >= 0.3 is 0 Å². The zero-order valence-corrected chi connectivity index (χ0v) is 23.6. The van der Waals surface area contributed by atoms with E-state index in [0.717, 1.165) is 21.6 Å². The normalized spacial score (nSPS) is 16.5. The molecule has 0 bridgehead atoms. The Labute approximate surface area is 232 Å². The minimum Gasteiger partial charge on any atom is -0.400 e. The highest BCUT2D eigenvalue weighted by molar-refractivity contribution is 8.16. The van der Waals surface area contributed by atoms with Gasteiger partial charge in [0.05, 0.1) is 16.2 Å². The van der Waals surface area contributed by atoms with Crippen molar-refractivity contribution in [1.82, 2.24) is 4.31 Å². The van der Waals surface area contributed by atoms with Gasteiger partial charge in [0, 0.05) is 31.2 Å². The number of thioether (sulfide) groups is 1. The van der Waals surface area contributed by atoms with Crippen molar-refractivity contribution in [2.45, 2.75) is 24.0 Å². The van der Waals surface area contributed by atoms with Gasteiger partial charge in [-0.15, -0.1) is 0 Å². The number of rotatable bonds is 7. The van der Waals surface area contributed by atoms with Crippen molar-refractivity contribution in [2.24, 2.45) is 10.7 Å². The molecule has 9 nitrogen and oxygen atoms in total. The molecular weight excluding hydrogens is 534 g/mol. The second-order valence-corrected chi connectivity index (χ2v) is 12.4. The lowest BCUT2D eigenvalue weighted by atomic mass is 10.1. The fraction of sp³-hybridized carbons (Fsp3) is 0.179. The quantitative estimate of drug-likeness (QED) is 0.395. The van der Waals surface area contributed by atoms with E-state index in [1.807, 2.05) is 37.3 Å². The number of anilines is 2. The number of sulfonamides is 1. The van der Waals surface area contributed by atoms with Crippen LogP contribution in [0.5, 0.6) is 0 Å². The molecule has 1 aliphatic heterocycles. The summed E-state index contributed by atoms with van der Waals surface area (Å²) in [6.45, 7) is 3.71. The fourth-order valence-corrected chi connectivity index (χ4v) is 5.80. The zero-order valence-electron chi connectivity index (χ0n) is 21.9. The fourth-order valence-electron chi connectivity index (χ4n) is 3.75. The highest BCUT2D eigenvalue weighted by Crippen LogP contribution is 2.36. The average Bonchev–Trinajstić information content (AvgIpc) is 3.22. The Morgan fingerprint density at radius 3 is 2.26 bits per heavy atom. The van der Waals surface area contributed by atoms with Crippen molar-refractivity contribution in [1.29, 1.82) is 0 Å². The molecule has 0 aliphatic carbocycles. The monoisotopic (exact) mass is 563 g/mol. The molecular formula is C28H29N5O4S2. The van der Waals surface area contributed by atoms with Gasteiger partial charge in [0.25, 0.3) is 5.91 Å². The van der Waals surface area contributed by atoms with Crippen LogP contribution in [-0.2, 0) is 19.6 Å². The highest BCUT2D eigenvalue weighted by atomic mass is 32.2. The van der Waals surface area contributed by atoms with Crippen LogP contribution in [0.1, 0.15) is 11.1 Å². The molecule has 202 valence electrons. The standard InChI is InChI=1S/C28H29N5O4S2/c1-17-10-13-20(14-11-17)31-28-23(26(34)30-19-8-6-5-7-9-19)24(29)25(38-28)27(35)32-22-16-21(15-12-18(22)2)39(36,37)33(3)4/h5-16,25H,29H2,1-4H3,(H,30,34)(H,32,35)/t25-/m1/s1. The minimum absolute atomic E-state index is 0.0422. The first-order chi connectivity index (χ1) is 18.5. The van der Waals surface area contributed by atoms with Crippen molar-refractivity contribution < 1.29 is 18.0 Å². The molecule has 39 heavy (non-hydrogen) atoms. The maximum atomic E-state index is 13.4. The van der Waals surface area contributed by atoms with Crippen LogP contribution in [-0.4, -0.2) is 48.9 Å². The smallest absolute Gasteiger partial charge is 0.260 e. The van der Waals surface area contributed by atoms with Gasteiger partial charge in [-0.1, -0.05) is 53.7 Å². The van der Waals surface area contributed by atoms with E-state index < -0.39 is 27.1 Å². The van der Waals surface area contributed by atoms with Gasteiger partial charge in [-0.25, -0.2) is 17.7 Å². The van der Waals surface area contributed by atoms with E-state index in [4.69, 9.17) is 5.73 Å². The minimum atomic E-state index is -3.71. The number of carbonyl (C=O) groups is 2. The lowest BCUT2D eigenvalue weighted by Gasteiger charge is -2.16. The Kier molecular flexibility index (Phi) is 8.24. The second kappa shape index (κ2) is 11.4. The molecule has 0 saturated carbocycles. The number of amides is 2. The van der Waals surface area contributed by atoms with Crippen molar-refractivity contribution in [3.8, 4) is 0 Å². The van der Waals surface area contributed by atoms with Crippen molar-refractivity contribution in [2.75, 3.05) is 24.7 Å². The first kappa shape index (κ1) is 28.1. The van der Waals surface area contributed by atoms with Crippen molar-refractivity contribution >= 4 is 55.7 Å². The largest absolute Gasteiger partial charge is 0.400 e. The predicted octanol–water partition coefficient (Wildman–Crippen LogP) is 4.19. The molecule has 0 aromatic heterocycles. The Morgan fingerprint density at radius 1 is 0.949 bits per heavy atom. The summed E-state index contributed by atoms with van der Waals surface area (Å²) >= 11 is 1.06. The third kappa shape index (κ3) is 6.22. The Balaban J connectivity index is 1.68. The van der Waals surface area contributed by atoms with Crippen LogP contribution in [0.3, 0.4) is 0 Å². The van der Waals surface area contributed by atoms with Gasteiger partial charge in [-0.05, 0) is 55.8 Å². The molecule has 3 aromatic carbocycles. The number of para-hydroxylation sites is 1. The predicted molar refractivity (Wildman–Crippen MR) is 157 cm³/mol. The van der Waals surface area contributed by atoms with Gasteiger partial charge in [0.1, 0.15) is 10.3 Å². The number of aliphatic imine (C=N–C) groups is 1. The Morgan fingerprint density at radius 2 is 1.62 bits per heavy atom. The number of nitrogens with zero attached hydrogens (tertiary/aromatic N) is 2. The van der Waals surface area contributed by atoms with Crippen LogP contribution < -0.4 is 16.4 Å². The number of carbonyl (C=O) groups excluding carboxylic acids is 2. The Hall–Kier alpha value is -3.93. The number of nitrogens with two attached hydrogens (primary N) is 1. The molecule has 0 radical (unpaired) electrons. The summed E-state index contributed by atoms with van der Waals surface area (Å²) in [4.78, 5) is 31.5. The summed E-state index contributed by atoms with van der Waals surface area (Å²) in [7, 11) is -0.836. The molecule has 2 amide bonds. The molecule has 1 heterocycles. The van der Waals surface area contributed by atoms with E-state index in [1.165, 1.54) is 26.2 Å². The number of aryl methyl sites for hydroxylation is 2. The SMILES string of the molecule is Cc1ccc(N=C2S[C@@H](C(=O)Nc3cc(S(=O)(=O)N(C)C)ccc3C)C(N)=C2C(=O)Nc2ccccc2)cc1. The molecule has 1 atom stereocenters. The van der Waals surface area contributed by atoms with Gasteiger partial charge in [0.2, 0.25) is 15.9 Å². The summed E-state index contributed by atoms with van der Waals surface area (Å²) in [6.07, 6.45) is 0. The molecule has 0 fully saturated rings. The van der Waals surface area contributed by atoms with Gasteiger partial charge in [0.15, 0.2) is 0 Å². The molecule has 1 aliphatic rings. The van der Waals surface area contributed by atoms with E-state index in [-0.39, 0.29) is 16.2 Å². The van der Waals surface area contributed by atoms with Crippen LogP contribution in [0.15, 0.2) is 94.0 Å². The number of nitrogens with one attached hydrogen (secondary N) is 2. The molecule has 11 heteroatoms. The molecule has 0 spiro atoms. The lowest BCUT2D eigenvalue weighted by Crippen LogP contribution is -2.30. The van der Waals surface area contributed by atoms with Crippen LogP contribution >= 0.6 is 11.8 Å². The third-order valence-corrected chi connectivity index (χ3v) is 9.05. The molecule has 3 aromatic rings. The second-order valence-electron chi connectivity index (χ2n) is 9.15. The van der Waals surface area contributed by atoms with E-state index in [0.29, 0.717) is 27.7 Å². The summed E-state index contributed by atoms with van der Waals surface area (Å²) in [5.41, 5.74) is 9.85. The van der Waals surface area contributed by atoms with Crippen molar-refractivity contribution in [3.63, 3.8) is 0 Å². The van der Waals surface area contributed by atoms with Crippen LogP contribution in [0, 0.1) is 13.8 Å². The van der Waals surface area contributed by atoms with Gasteiger partial charge in [-0.2, -0.15) is 0 Å². The third-order valence-electron chi connectivity index (χ3n) is 6.02. The summed E-state index contributed by atoms with van der Waals surface area (Å²) in [6, 6.07) is 20.9. The average molecular weight is 564 g/mol. The maximum Gasteiger partial charge on any atom is 0.260 e. The van der Waals surface area contributed by atoms with Crippen LogP contribution in [0.2, 0.25) is 0 Å². The van der Waals surface area contributed by atoms with E-state index in [2.05, 4.69) is 15.6 Å². The van der Waals surface area contributed by atoms with Crippen LogP contribution in [0.25, 0.3) is 0 Å². The maximum absolute atomic E-state index is 13.4. The van der Waals surface area contributed by atoms with E-state index >= 15 is 0 Å². The first-order valence-electron chi connectivity index (χ1n) is 12.0. The summed E-state index contributed by atoms with van der Waals surface area (Å²) in [5, 5.41) is 4.96.